The predicted octanol–water partition coefficient (Wildman–Crippen LogP) is 29.2. The maximum Gasteiger partial charge on any atom is 0.0620 e. The van der Waals surface area contributed by atoms with E-state index in [-0.39, 0.29) is 10.8 Å². The molecule has 0 spiro atoms. The van der Waals surface area contributed by atoms with Crippen molar-refractivity contribution in [2.45, 2.75) is 99.2 Å². The van der Waals surface area contributed by atoms with Gasteiger partial charge in [-0.05, 0) is 212 Å². The minimum absolute atomic E-state index is 0.0983. The Hall–Kier alpha value is -12.6. The fourth-order valence-corrected chi connectivity index (χ4v) is 24.9. The number of aromatic nitrogens is 4. The van der Waals surface area contributed by atoms with Gasteiger partial charge in [-0.3, -0.25) is 0 Å². The first-order valence-corrected chi connectivity index (χ1v) is 44.2. The van der Waals surface area contributed by atoms with Gasteiger partial charge in [-0.15, -0.1) is 23.5 Å². The van der Waals surface area contributed by atoms with Crippen LogP contribution in [0.4, 0.5) is 0 Å². The number of para-hydroxylation sites is 5. The summed E-state index contributed by atoms with van der Waals surface area (Å²) in [4.78, 5) is 1.36. The molecule has 562 valence electrons. The topological polar surface area (TPSA) is 17.6 Å². The maximum absolute atomic E-state index is 2.58. The molecule has 4 nitrogen and oxygen atoms in total. The number of hydrogen-bond donors (Lipinski definition) is 0. The van der Waals surface area contributed by atoms with Crippen molar-refractivity contribution in [3.63, 3.8) is 0 Å². The van der Waals surface area contributed by atoms with E-state index in [2.05, 4.69) is 386 Å². The second-order valence-electron chi connectivity index (χ2n) is 36.1. The predicted molar refractivity (Wildman–Crippen MR) is 506 cm³/mol. The van der Waals surface area contributed by atoms with Crippen LogP contribution in [0.3, 0.4) is 0 Å². The van der Waals surface area contributed by atoms with E-state index in [1.807, 2.05) is 11.8 Å². The van der Waals surface area contributed by atoms with Crippen molar-refractivity contribution in [2.75, 3.05) is 0 Å². The molecule has 0 amide bonds. The first kappa shape index (κ1) is 67.6. The van der Waals surface area contributed by atoms with E-state index in [1.54, 1.807) is 0 Å². The summed E-state index contributed by atoms with van der Waals surface area (Å²) in [6.45, 7) is 11.8. The highest BCUT2D eigenvalue weighted by molar-refractivity contribution is 8.08. The molecular formula is C112H82N4S2. The van der Waals surface area contributed by atoms with Crippen LogP contribution in [-0.2, 0) is 17.3 Å². The van der Waals surface area contributed by atoms with Gasteiger partial charge >= 0.3 is 0 Å². The summed E-state index contributed by atoms with van der Waals surface area (Å²) in [5.41, 5.74) is 32.8. The van der Waals surface area contributed by atoms with Crippen molar-refractivity contribution in [1.82, 2.24) is 17.6 Å². The zero-order valence-electron chi connectivity index (χ0n) is 66.5. The van der Waals surface area contributed by atoms with Gasteiger partial charge in [-0.2, -0.15) is 0 Å². The van der Waals surface area contributed by atoms with E-state index < -0.39 is 0 Å². The third kappa shape index (κ3) is 9.82. The van der Waals surface area contributed by atoms with E-state index in [1.165, 1.54) is 248 Å². The largest absolute Gasteiger partial charge is 0.308 e. The molecule has 26 rings (SSSR count). The molecule has 0 saturated carbocycles. The number of hydrogen-bond acceptors (Lipinski definition) is 2. The normalized spacial score (nSPS) is 17.0. The van der Waals surface area contributed by atoms with Crippen molar-refractivity contribution in [1.29, 1.82) is 0 Å². The van der Waals surface area contributed by atoms with Crippen LogP contribution < -0.4 is 10.6 Å². The first-order valence-electron chi connectivity index (χ1n) is 42.4. The van der Waals surface area contributed by atoms with Crippen LogP contribution in [0.2, 0.25) is 0 Å². The highest BCUT2D eigenvalue weighted by Gasteiger charge is 2.32. The highest BCUT2D eigenvalue weighted by atomic mass is 32.2. The Morgan fingerprint density at radius 1 is 0.297 bits per heavy atom. The van der Waals surface area contributed by atoms with E-state index >= 15 is 0 Å². The summed E-state index contributed by atoms with van der Waals surface area (Å²) < 4.78 is 10.1. The molecule has 10 heterocycles. The van der Waals surface area contributed by atoms with E-state index in [9.17, 15) is 0 Å². The Morgan fingerprint density at radius 3 is 1.27 bits per heavy atom. The Morgan fingerprint density at radius 2 is 0.695 bits per heavy atom. The van der Waals surface area contributed by atoms with Gasteiger partial charge in [0, 0.05) is 118 Å². The fourth-order valence-electron chi connectivity index (χ4n) is 22.1. The van der Waals surface area contributed by atoms with Crippen LogP contribution in [0.1, 0.15) is 126 Å². The lowest BCUT2D eigenvalue weighted by molar-refractivity contribution is 0.523. The molecule has 1 saturated heterocycles. The molecule has 118 heavy (non-hydrogen) atoms. The number of benzene rings is 15. The maximum atomic E-state index is 2.58. The molecule has 23 aromatic rings. The third-order valence-corrected chi connectivity index (χ3v) is 31.1. The molecule has 1 aliphatic carbocycles. The lowest BCUT2D eigenvalue weighted by Crippen LogP contribution is -2.29. The van der Waals surface area contributed by atoms with Crippen LogP contribution in [0, 0.1) is 0 Å². The summed E-state index contributed by atoms with van der Waals surface area (Å²) in [6.07, 6.45) is 12.9. The van der Waals surface area contributed by atoms with Crippen LogP contribution in [0.5, 0.6) is 0 Å². The average molecular weight is 1550 g/mol. The summed E-state index contributed by atoms with van der Waals surface area (Å²) >= 11 is 4.15. The zero-order chi connectivity index (χ0) is 77.9. The van der Waals surface area contributed by atoms with Crippen LogP contribution in [0.15, 0.2) is 309 Å². The number of fused-ring (bicyclic) bond motifs is 24. The number of rotatable bonds is 11. The first-order chi connectivity index (χ1) is 57.8. The fraction of sp³-hybridized carbons (Fsp3) is 0.143. The second-order valence-corrected chi connectivity index (χ2v) is 38.8. The summed E-state index contributed by atoms with van der Waals surface area (Å²) in [5, 5.41) is 23.9. The van der Waals surface area contributed by atoms with Gasteiger partial charge in [-0.1, -0.05) is 265 Å². The second kappa shape index (κ2) is 24.8. The molecule has 3 aliphatic rings. The lowest BCUT2D eigenvalue weighted by atomic mass is 9.78. The van der Waals surface area contributed by atoms with Crippen LogP contribution in [0.25, 0.3) is 192 Å². The summed E-state index contributed by atoms with van der Waals surface area (Å²) in [6, 6.07) is 117. The molecule has 4 atom stereocenters. The number of thioether (sulfide) groups is 2. The lowest BCUT2D eigenvalue weighted by Gasteiger charge is -2.26. The van der Waals surface area contributed by atoms with Crippen LogP contribution in [-0.4, -0.2) is 17.6 Å². The van der Waals surface area contributed by atoms with E-state index in [0.29, 0.717) is 21.7 Å². The third-order valence-electron chi connectivity index (χ3n) is 28.0. The Labute approximate surface area is 691 Å². The van der Waals surface area contributed by atoms with Crippen molar-refractivity contribution in [3.05, 3.63) is 364 Å². The van der Waals surface area contributed by atoms with E-state index in [4.69, 9.17) is 0 Å². The van der Waals surface area contributed by atoms with E-state index in [0.717, 1.165) is 19.3 Å². The van der Waals surface area contributed by atoms with Crippen molar-refractivity contribution in [2.24, 2.45) is 0 Å². The smallest absolute Gasteiger partial charge is 0.0620 e. The van der Waals surface area contributed by atoms with Gasteiger partial charge in [0.15, 0.2) is 0 Å². The van der Waals surface area contributed by atoms with Gasteiger partial charge in [0.05, 0.1) is 60.7 Å². The zero-order valence-corrected chi connectivity index (χ0v) is 68.2. The Bertz CT molecular complexity index is 8260. The standard InChI is InChI=1S/C112H82N4S2/c1-111(2,3)77-43-48-101-89(61-77)84-19-12-17-82-87-55-73(41-46-99(87)115(101)107(82)84)65-25-33-69(34-26-65)103-50-51-104(117-103)70-35-27-66(28-36-70)74-42-47-100-88(56-74)83-18-13-20-85-90-62-78(44-49-102(90)116(100)108(83)85)112(4,5)63-64-24-45-98-86(54-64)94-60-76(59-93-81-16-8-11-23-97(81)114(98)110(93)94)68-31-39-72(40-32-68)106-53-52-105(118-106)71-37-29-67(30-38-71)75-57-91-79-14-6-9-21-95(79)113-96-22-10-7-15-80(96)92(58-75)109(91)113/h6-41,43-49,53-62,74,103-105H,42,50-52,63H2,1-5H3. The van der Waals surface area contributed by atoms with Gasteiger partial charge < -0.3 is 17.6 Å². The molecular weight excluding hydrogens is 1470 g/mol. The molecule has 6 heteroatoms. The summed E-state index contributed by atoms with van der Waals surface area (Å²) in [5.74, 6) is 0.320. The summed E-state index contributed by atoms with van der Waals surface area (Å²) in [7, 11) is 0. The van der Waals surface area contributed by atoms with Crippen molar-refractivity contribution in [3.8, 4) is 33.4 Å². The molecule has 2 aliphatic heterocycles. The monoisotopic (exact) mass is 1550 g/mol. The molecule has 0 radical (unpaired) electrons. The van der Waals surface area contributed by atoms with Crippen molar-refractivity contribution >= 4 is 182 Å². The Balaban J connectivity index is 0.439. The Kier molecular flexibility index (Phi) is 14.2. The molecule has 15 aromatic carbocycles. The van der Waals surface area contributed by atoms with Gasteiger partial charge in [0.25, 0.3) is 0 Å². The van der Waals surface area contributed by atoms with Crippen molar-refractivity contribution < 1.29 is 0 Å². The SMILES string of the molecule is CC(C)(C)c1ccc2c(c1)c1cccc3c4cc(-c5ccc(C6CCC(c7ccc(C8C=c9c(n%10c%11ccc(C(C)(C)Cc%12ccc%13c(c%12)c%12cc(-c%14ccc(C%15=CCC(c%16ccc(-c%17cc%18c%19ccccc%19n%19c%20ccccc%20c(c%17)c%18%19)cc%16)S%15)cc%14)cc%14c%15ccccc%15n%13c%14%12)cc%11c%11cccc9c%11%10)=CC8)cc7)S6)cc5)ccc4n2c31. The quantitative estimate of drug-likeness (QED) is 0.128. The minimum atomic E-state index is -0.145. The van der Waals surface area contributed by atoms with Gasteiger partial charge in [0.2, 0.25) is 0 Å². The van der Waals surface area contributed by atoms with Gasteiger partial charge in [-0.25, -0.2) is 0 Å². The van der Waals surface area contributed by atoms with Gasteiger partial charge in [0.1, 0.15) is 0 Å². The highest BCUT2D eigenvalue weighted by Crippen LogP contribution is 2.55. The van der Waals surface area contributed by atoms with Crippen LogP contribution >= 0.6 is 23.5 Å². The average Bonchev–Trinajstić information content (AvgIpc) is 1.56. The molecule has 8 aromatic heterocycles. The molecule has 1 fully saturated rings. The molecule has 0 N–H and O–H groups in total. The number of allylic oxidation sites excluding steroid dienone is 1. The molecule has 0 bridgehead atoms. The number of nitrogens with zero attached hydrogens (tertiary/aromatic N) is 4. The molecule has 4 unspecified atom stereocenters. The minimum Gasteiger partial charge on any atom is -0.308 e.